The number of rotatable bonds is 0. The van der Waals surface area contributed by atoms with Gasteiger partial charge < -0.3 is 13.0 Å². The minimum Gasteiger partial charge on any atom is -0.507 e. The molecule has 0 aliphatic carbocycles. The standard InChI is InChI=1S/C3H5.2C2H6.C2H5.Y/c1-3-2;3*1-2;/h1H2,2H3;2*1-2H3;1H2,2H3;/q-1;;;-1;. The van der Waals surface area contributed by atoms with Crippen LogP contribution in [-0.2, 0) is 32.7 Å². The minimum atomic E-state index is 0. The van der Waals surface area contributed by atoms with E-state index in [0.717, 1.165) is 0 Å². The van der Waals surface area contributed by atoms with Crippen LogP contribution in [0.3, 0.4) is 0 Å². The van der Waals surface area contributed by atoms with Crippen LogP contribution < -0.4 is 0 Å². The summed E-state index contributed by atoms with van der Waals surface area (Å²) in [6.45, 7) is 18.0. The molecule has 0 aliphatic rings. The van der Waals surface area contributed by atoms with Crippen molar-refractivity contribution in [1.29, 1.82) is 0 Å². The maximum absolute atomic E-state index is 3.25. The van der Waals surface area contributed by atoms with Crippen molar-refractivity contribution in [3.63, 3.8) is 0 Å². The Morgan fingerprint density at radius 1 is 1.00 bits per heavy atom. The molecule has 0 aliphatic heterocycles. The Morgan fingerprint density at radius 2 is 1.00 bits per heavy atom. The van der Waals surface area contributed by atoms with Crippen LogP contribution in [-0.4, -0.2) is 0 Å². The van der Waals surface area contributed by atoms with Gasteiger partial charge in [-0.25, -0.2) is 0 Å². The predicted octanol–water partition coefficient (Wildman–Crippen LogP) is 3.89. The van der Waals surface area contributed by atoms with E-state index < -0.39 is 0 Å². The van der Waals surface area contributed by atoms with E-state index in [2.05, 4.69) is 19.6 Å². The fourth-order valence-corrected chi connectivity index (χ4v) is 0. The molecule has 10 heavy (non-hydrogen) atoms. The van der Waals surface area contributed by atoms with Crippen LogP contribution in [0.15, 0.2) is 6.58 Å². The average molecular weight is 219 g/mol. The summed E-state index contributed by atoms with van der Waals surface area (Å²) in [7, 11) is 0. The van der Waals surface area contributed by atoms with E-state index in [-0.39, 0.29) is 32.7 Å². The quantitative estimate of drug-likeness (QED) is 0.542. The van der Waals surface area contributed by atoms with Gasteiger partial charge in [-0.05, 0) is 0 Å². The van der Waals surface area contributed by atoms with E-state index in [4.69, 9.17) is 0 Å². The molecule has 0 aromatic rings. The Labute approximate surface area is 93.4 Å². The van der Waals surface area contributed by atoms with Gasteiger partial charge in [0, 0.05) is 32.7 Å². The topological polar surface area (TPSA) is 0 Å². The zero-order valence-electron chi connectivity index (χ0n) is 8.49. The van der Waals surface area contributed by atoms with Crippen LogP contribution in [0.25, 0.3) is 0 Å². The minimum absolute atomic E-state index is 0. The second kappa shape index (κ2) is 226. The maximum atomic E-state index is 3.25. The predicted molar refractivity (Wildman–Crippen MR) is 48.3 cm³/mol. The maximum Gasteiger partial charge on any atom is 0 e. The van der Waals surface area contributed by atoms with Gasteiger partial charge in [0.25, 0.3) is 0 Å². The molecule has 1 radical (unpaired) electrons. The van der Waals surface area contributed by atoms with Gasteiger partial charge in [0.05, 0.1) is 0 Å². The van der Waals surface area contributed by atoms with E-state index in [0.29, 0.717) is 0 Å². The molecule has 0 aromatic carbocycles. The molecular formula is C9H22Y-2. The molecule has 0 N–H and O–H groups in total. The third-order valence-corrected chi connectivity index (χ3v) is 0. The van der Waals surface area contributed by atoms with Crippen molar-refractivity contribution >= 4 is 0 Å². The molecular weight excluding hydrogens is 197 g/mol. The second-order valence-electron chi connectivity index (χ2n) is 0.354. The van der Waals surface area contributed by atoms with Crippen LogP contribution in [0, 0.1) is 13.0 Å². The van der Waals surface area contributed by atoms with Crippen LogP contribution in [0.2, 0.25) is 0 Å². The fourth-order valence-electron chi connectivity index (χ4n) is 0. The summed E-state index contributed by atoms with van der Waals surface area (Å²) in [5.41, 5.74) is 0. The van der Waals surface area contributed by atoms with Crippen LogP contribution in [0.5, 0.6) is 0 Å². The zero-order chi connectivity index (χ0) is 8.71. The third kappa shape index (κ3) is 764. The van der Waals surface area contributed by atoms with Crippen molar-refractivity contribution in [2.24, 2.45) is 0 Å². The van der Waals surface area contributed by atoms with Gasteiger partial charge in [-0.2, -0.15) is 13.8 Å². The summed E-state index contributed by atoms with van der Waals surface area (Å²) in [5, 5.41) is 0. The van der Waals surface area contributed by atoms with Gasteiger partial charge in [-0.1, -0.05) is 27.7 Å². The van der Waals surface area contributed by atoms with Gasteiger partial charge >= 0.3 is 0 Å². The summed E-state index contributed by atoms with van der Waals surface area (Å²) in [4.78, 5) is 0. The van der Waals surface area contributed by atoms with Crippen molar-refractivity contribution in [2.75, 3.05) is 0 Å². The Balaban J connectivity index is -0.0000000110. The first-order chi connectivity index (χ1) is 4.41. The molecule has 0 unspecified atom stereocenters. The van der Waals surface area contributed by atoms with Crippen molar-refractivity contribution in [3.8, 4) is 0 Å². The van der Waals surface area contributed by atoms with Crippen molar-refractivity contribution in [3.05, 3.63) is 19.6 Å². The smallest absolute Gasteiger partial charge is 0 e. The molecule has 0 atom stereocenters. The van der Waals surface area contributed by atoms with Crippen LogP contribution >= 0.6 is 0 Å². The Hall–Kier alpha value is 0.844. The Bertz CT molecular complexity index is 12.2. The molecule has 0 amide bonds. The van der Waals surface area contributed by atoms with Gasteiger partial charge in [-0.15, -0.1) is 0 Å². The van der Waals surface area contributed by atoms with Gasteiger partial charge in [-0.3, -0.25) is 6.58 Å². The molecule has 0 nitrogen and oxygen atoms in total. The van der Waals surface area contributed by atoms with Gasteiger partial charge in [0.15, 0.2) is 0 Å². The summed E-state index contributed by atoms with van der Waals surface area (Å²) in [5.74, 6) is 0. The van der Waals surface area contributed by atoms with Crippen LogP contribution in [0.4, 0.5) is 0 Å². The van der Waals surface area contributed by atoms with E-state index in [1.54, 1.807) is 13.8 Å². The normalized spacial score (nSPS) is 3.10. The molecule has 0 saturated carbocycles. The van der Waals surface area contributed by atoms with E-state index in [9.17, 15) is 0 Å². The SMILES string of the molecule is C=[C-]C.CC.CC.[CH2-]C.[Y]. The van der Waals surface area contributed by atoms with Crippen molar-refractivity contribution in [1.82, 2.24) is 0 Å². The van der Waals surface area contributed by atoms with Gasteiger partial charge in [0.2, 0.25) is 0 Å². The first kappa shape index (κ1) is 30.8. The van der Waals surface area contributed by atoms with E-state index >= 15 is 0 Å². The third-order valence-electron chi connectivity index (χ3n) is 0. The molecule has 0 heterocycles. The van der Waals surface area contributed by atoms with Gasteiger partial charge in [0.1, 0.15) is 0 Å². The van der Waals surface area contributed by atoms with E-state index in [1.165, 1.54) is 0 Å². The first-order valence-electron chi connectivity index (χ1n) is 3.56. The largest absolute Gasteiger partial charge is 0.507 e. The molecule has 0 rings (SSSR count). The summed E-state index contributed by atoms with van der Waals surface area (Å²) in [6, 6.07) is 0. The molecule has 0 saturated heterocycles. The fraction of sp³-hybridized carbons (Fsp3) is 0.667. The van der Waals surface area contributed by atoms with Crippen molar-refractivity contribution < 1.29 is 32.7 Å². The zero-order valence-corrected chi connectivity index (χ0v) is 11.3. The summed E-state index contributed by atoms with van der Waals surface area (Å²) < 4.78 is 0. The number of allylic oxidation sites excluding steroid dienone is 1. The summed E-state index contributed by atoms with van der Waals surface area (Å²) >= 11 is 0. The second-order valence-corrected chi connectivity index (χ2v) is 0.354. The molecule has 63 valence electrons. The number of hydrogen-bond donors (Lipinski definition) is 0. The molecule has 0 spiro atoms. The monoisotopic (exact) mass is 219 g/mol. The molecule has 0 aromatic heterocycles. The Morgan fingerprint density at radius 3 is 1.00 bits per heavy atom. The molecule has 0 fully saturated rings. The van der Waals surface area contributed by atoms with Crippen LogP contribution in [0.1, 0.15) is 41.5 Å². The van der Waals surface area contributed by atoms with E-state index in [1.807, 2.05) is 27.7 Å². The molecule has 1 heteroatoms. The first-order valence-corrected chi connectivity index (χ1v) is 3.56. The molecule has 0 bridgehead atoms. The number of hydrogen-bond acceptors (Lipinski definition) is 0. The Kier molecular flexibility index (Phi) is 697. The van der Waals surface area contributed by atoms with Crippen molar-refractivity contribution in [2.45, 2.75) is 41.5 Å². The summed E-state index contributed by atoms with van der Waals surface area (Å²) in [6.07, 6.45) is 2.50. The average Bonchev–Trinajstić information content (AvgIpc) is 2.01.